The Morgan fingerprint density at radius 3 is 2.72 bits per heavy atom. The highest BCUT2D eigenvalue weighted by molar-refractivity contribution is 5.77. The zero-order valence-corrected chi connectivity index (χ0v) is 10.9. The molecule has 0 heterocycles. The number of hydrogen-bond acceptors (Lipinski definition) is 3. The molecule has 0 aromatic heterocycles. The molecule has 0 bridgehead atoms. The minimum absolute atomic E-state index is 0.163. The summed E-state index contributed by atoms with van der Waals surface area (Å²) >= 11 is 0. The maximum Gasteiger partial charge on any atom is 0.222 e. The van der Waals surface area contributed by atoms with Crippen LogP contribution in [0.15, 0.2) is 18.2 Å². The van der Waals surface area contributed by atoms with E-state index in [9.17, 15) is 9.18 Å². The van der Waals surface area contributed by atoms with E-state index in [-0.39, 0.29) is 30.2 Å². The summed E-state index contributed by atoms with van der Waals surface area (Å²) in [5.41, 5.74) is 6.15. The first-order valence-electron chi connectivity index (χ1n) is 5.82. The minimum atomic E-state index is -0.362. The smallest absolute Gasteiger partial charge is 0.222 e. The number of halogens is 1. The van der Waals surface area contributed by atoms with Crippen LogP contribution in [0.1, 0.15) is 31.9 Å². The van der Waals surface area contributed by atoms with Gasteiger partial charge in [0.05, 0.1) is 13.2 Å². The molecule has 1 amide bonds. The number of carbonyl (C=O) groups is 1. The lowest BCUT2D eigenvalue weighted by molar-refractivity contribution is -0.122. The lowest BCUT2D eigenvalue weighted by atomic mass is 10.1. The molecule has 0 spiro atoms. The zero-order valence-electron chi connectivity index (χ0n) is 10.9. The van der Waals surface area contributed by atoms with Gasteiger partial charge in [0.2, 0.25) is 5.91 Å². The Kier molecular flexibility index (Phi) is 5.09. The first kappa shape index (κ1) is 14.4. The minimum Gasteiger partial charge on any atom is -0.496 e. The summed E-state index contributed by atoms with van der Waals surface area (Å²) in [4.78, 5) is 11.6. The third kappa shape index (κ3) is 4.00. The molecule has 1 aromatic carbocycles. The van der Waals surface area contributed by atoms with Crippen LogP contribution in [0.3, 0.4) is 0 Å². The monoisotopic (exact) mass is 254 g/mol. The number of benzene rings is 1. The van der Waals surface area contributed by atoms with Crippen LogP contribution in [0.4, 0.5) is 4.39 Å². The largest absolute Gasteiger partial charge is 0.496 e. The molecule has 0 saturated carbocycles. The summed E-state index contributed by atoms with van der Waals surface area (Å²) in [6.07, 6.45) is 0.238. The number of carbonyl (C=O) groups excluding carboxylic acids is 1. The highest BCUT2D eigenvalue weighted by Gasteiger charge is 2.15. The quantitative estimate of drug-likeness (QED) is 0.841. The summed E-state index contributed by atoms with van der Waals surface area (Å²) in [6, 6.07) is 3.68. The number of amides is 1. The van der Waals surface area contributed by atoms with Gasteiger partial charge in [-0.2, -0.15) is 0 Å². The standard InChI is InChI=1S/C13H19FN2O2/c1-8(15)6-13(17)16-9(2)11-7-10(14)4-5-12(11)18-3/h4-5,7-9H,6,15H2,1-3H3,(H,16,17). The first-order valence-corrected chi connectivity index (χ1v) is 5.82. The second-order valence-corrected chi connectivity index (χ2v) is 4.36. The topological polar surface area (TPSA) is 64.3 Å². The Hall–Kier alpha value is -1.62. The Morgan fingerprint density at radius 1 is 1.50 bits per heavy atom. The van der Waals surface area contributed by atoms with Gasteiger partial charge in [-0.05, 0) is 32.0 Å². The summed E-state index contributed by atoms with van der Waals surface area (Å²) in [7, 11) is 1.51. The van der Waals surface area contributed by atoms with E-state index in [4.69, 9.17) is 10.5 Å². The molecular weight excluding hydrogens is 235 g/mol. The number of rotatable bonds is 5. The zero-order chi connectivity index (χ0) is 13.7. The Labute approximate surface area is 106 Å². The fraction of sp³-hybridized carbons (Fsp3) is 0.462. The van der Waals surface area contributed by atoms with E-state index < -0.39 is 0 Å². The first-order chi connectivity index (χ1) is 8.43. The van der Waals surface area contributed by atoms with Crippen molar-refractivity contribution in [3.05, 3.63) is 29.6 Å². The van der Waals surface area contributed by atoms with Gasteiger partial charge in [0.1, 0.15) is 11.6 Å². The van der Waals surface area contributed by atoms with Gasteiger partial charge in [0.15, 0.2) is 0 Å². The van der Waals surface area contributed by atoms with Gasteiger partial charge in [-0.25, -0.2) is 4.39 Å². The van der Waals surface area contributed by atoms with Gasteiger partial charge in [-0.15, -0.1) is 0 Å². The lowest BCUT2D eigenvalue weighted by Gasteiger charge is -2.18. The third-order valence-corrected chi connectivity index (χ3v) is 2.54. The Morgan fingerprint density at radius 2 is 2.17 bits per heavy atom. The van der Waals surface area contributed by atoms with Crippen LogP contribution in [0.25, 0.3) is 0 Å². The Bertz CT molecular complexity index is 421. The second kappa shape index (κ2) is 6.35. The summed E-state index contributed by atoms with van der Waals surface area (Å²) in [6.45, 7) is 3.53. The van der Waals surface area contributed by atoms with E-state index in [1.807, 2.05) is 0 Å². The van der Waals surface area contributed by atoms with Crippen molar-refractivity contribution in [2.75, 3.05) is 7.11 Å². The van der Waals surface area contributed by atoms with Gasteiger partial charge in [-0.1, -0.05) is 0 Å². The number of hydrogen-bond donors (Lipinski definition) is 2. The maximum absolute atomic E-state index is 13.2. The van der Waals surface area contributed by atoms with Crippen LogP contribution in [-0.4, -0.2) is 19.1 Å². The number of nitrogens with one attached hydrogen (secondary N) is 1. The molecule has 100 valence electrons. The molecule has 4 nitrogen and oxygen atoms in total. The van der Waals surface area contributed by atoms with Crippen molar-refractivity contribution in [1.82, 2.24) is 5.32 Å². The molecule has 2 atom stereocenters. The lowest BCUT2D eigenvalue weighted by Crippen LogP contribution is -2.31. The van der Waals surface area contributed by atoms with Gasteiger partial charge < -0.3 is 15.8 Å². The number of nitrogens with two attached hydrogens (primary N) is 1. The number of ether oxygens (including phenoxy) is 1. The highest BCUT2D eigenvalue weighted by Crippen LogP contribution is 2.25. The normalized spacial score (nSPS) is 13.8. The van der Waals surface area contributed by atoms with E-state index in [2.05, 4.69) is 5.32 Å². The third-order valence-electron chi connectivity index (χ3n) is 2.54. The van der Waals surface area contributed by atoms with Gasteiger partial charge in [0, 0.05) is 18.0 Å². The van der Waals surface area contributed by atoms with Crippen LogP contribution < -0.4 is 15.8 Å². The van der Waals surface area contributed by atoms with Crippen LogP contribution in [0, 0.1) is 5.82 Å². The average Bonchev–Trinajstić information content (AvgIpc) is 2.27. The summed E-state index contributed by atoms with van der Waals surface area (Å²) < 4.78 is 18.3. The van der Waals surface area contributed by atoms with Gasteiger partial charge in [0.25, 0.3) is 0 Å². The maximum atomic E-state index is 13.2. The summed E-state index contributed by atoms with van der Waals surface area (Å²) in [5, 5.41) is 2.76. The molecular formula is C13H19FN2O2. The molecule has 0 aliphatic rings. The highest BCUT2D eigenvalue weighted by atomic mass is 19.1. The van der Waals surface area contributed by atoms with Crippen molar-refractivity contribution in [1.29, 1.82) is 0 Å². The predicted molar refractivity (Wildman–Crippen MR) is 67.8 cm³/mol. The predicted octanol–water partition coefficient (Wildman–Crippen LogP) is 1.75. The van der Waals surface area contributed by atoms with E-state index in [1.54, 1.807) is 19.9 Å². The molecule has 0 radical (unpaired) electrons. The Balaban J connectivity index is 2.80. The van der Waals surface area contributed by atoms with E-state index in [0.717, 1.165) is 0 Å². The molecule has 2 unspecified atom stereocenters. The van der Waals surface area contributed by atoms with Crippen molar-refractivity contribution in [2.24, 2.45) is 5.73 Å². The molecule has 0 aliphatic heterocycles. The van der Waals surface area contributed by atoms with Crippen LogP contribution in [0.2, 0.25) is 0 Å². The van der Waals surface area contributed by atoms with Gasteiger partial charge in [-0.3, -0.25) is 4.79 Å². The SMILES string of the molecule is COc1ccc(F)cc1C(C)NC(=O)CC(C)N. The fourth-order valence-corrected chi connectivity index (χ4v) is 1.71. The van der Waals surface area contributed by atoms with Gasteiger partial charge >= 0.3 is 0 Å². The van der Waals surface area contributed by atoms with E-state index >= 15 is 0 Å². The molecule has 5 heteroatoms. The second-order valence-electron chi connectivity index (χ2n) is 4.36. The molecule has 18 heavy (non-hydrogen) atoms. The van der Waals surface area contributed by atoms with Crippen molar-refractivity contribution >= 4 is 5.91 Å². The van der Waals surface area contributed by atoms with Crippen LogP contribution in [-0.2, 0) is 4.79 Å². The fourth-order valence-electron chi connectivity index (χ4n) is 1.71. The van der Waals surface area contributed by atoms with Crippen molar-refractivity contribution in [3.8, 4) is 5.75 Å². The summed E-state index contributed by atoms with van der Waals surface area (Å²) in [5.74, 6) is 0.0212. The van der Waals surface area contributed by atoms with Crippen molar-refractivity contribution < 1.29 is 13.9 Å². The van der Waals surface area contributed by atoms with E-state index in [0.29, 0.717) is 11.3 Å². The van der Waals surface area contributed by atoms with Crippen molar-refractivity contribution in [3.63, 3.8) is 0 Å². The molecule has 1 aromatic rings. The van der Waals surface area contributed by atoms with Crippen molar-refractivity contribution in [2.45, 2.75) is 32.4 Å². The molecule has 0 saturated heterocycles. The van der Waals surface area contributed by atoms with E-state index in [1.165, 1.54) is 19.2 Å². The number of methoxy groups -OCH3 is 1. The van der Waals surface area contributed by atoms with Crippen LogP contribution in [0.5, 0.6) is 5.75 Å². The molecule has 3 N–H and O–H groups in total. The molecule has 0 aliphatic carbocycles. The van der Waals surface area contributed by atoms with Crippen LogP contribution >= 0.6 is 0 Å². The molecule has 1 rings (SSSR count). The average molecular weight is 254 g/mol. The molecule has 0 fully saturated rings.